The molecule has 0 bridgehead atoms. The van der Waals surface area contributed by atoms with Gasteiger partial charge < -0.3 is 4.74 Å². The smallest absolute Gasteiger partial charge is 0.240 e. The highest BCUT2D eigenvalue weighted by Gasteiger charge is 2.24. The van der Waals surface area contributed by atoms with E-state index < -0.39 is 10.0 Å². The Bertz CT molecular complexity index is 736. The van der Waals surface area contributed by atoms with Crippen LogP contribution >= 0.6 is 15.9 Å². The molecule has 0 radical (unpaired) electrons. The summed E-state index contributed by atoms with van der Waals surface area (Å²) in [5, 5.41) is 0. The van der Waals surface area contributed by atoms with Crippen LogP contribution < -0.4 is 9.46 Å². The van der Waals surface area contributed by atoms with Gasteiger partial charge in [0.1, 0.15) is 11.9 Å². The standard InChI is InChI=1S/C15H14BrNO3S/c16-12-5-3-6-14(9-12)21(18,19)17-10-13-8-11-4-1-2-7-15(11)20-13/h1-7,9,13,17H,8,10H2. The van der Waals surface area contributed by atoms with Crippen molar-refractivity contribution in [2.75, 3.05) is 6.54 Å². The lowest BCUT2D eigenvalue weighted by molar-refractivity contribution is 0.236. The fraction of sp³-hybridized carbons (Fsp3) is 0.200. The van der Waals surface area contributed by atoms with Crippen molar-refractivity contribution in [1.82, 2.24) is 4.72 Å². The average molecular weight is 368 g/mol. The van der Waals surface area contributed by atoms with Crippen molar-refractivity contribution < 1.29 is 13.2 Å². The Labute approximate surface area is 132 Å². The second-order valence-electron chi connectivity index (χ2n) is 4.86. The second kappa shape index (κ2) is 5.79. The molecule has 1 atom stereocenters. The summed E-state index contributed by atoms with van der Waals surface area (Å²) in [6, 6.07) is 14.4. The maximum atomic E-state index is 12.2. The largest absolute Gasteiger partial charge is 0.488 e. The average Bonchev–Trinajstić information content (AvgIpc) is 2.88. The summed E-state index contributed by atoms with van der Waals surface area (Å²) in [5.74, 6) is 0.837. The highest BCUT2D eigenvalue weighted by Crippen LogP contribution is 2.28. The Morgan fingerprint density at radius 3 is 2.76 bits per heavy atom. The molecule has 2 aromatic carbocycles. The number of halogens is 1. The highest BCUT2D eigenvalue weighted by atomic mass is 79.9. The van der Waals surface area contributed by atoms with Gasteiger partial charge in [-0.3, -0.25) is 0 Å². The molecular formula is C15H14BrNO3S. The molecule has 4 nitrogen and oxygen atoms in total. The fourth-order valence-corrected chi connectivity index (χ4v) is 3.95. The minimum atomic E-state index is -3.52. The van der Waals surface area contributed by atoms with Gasteiger partial charge in [0, 0.05) is 17.4 Å². The molecule has 21 heavy (non-hydrogen) atoms. The Balaban J connectivity index is 1.66. The zero-order chi connectivity index (χ0) is 14.9. The van der Waals surface area contributed by atoms with Crippen LogP contribution in [-0.4, -0.2) is 21.1 Å². The molecule has 0 spiro atoms. The SMILES string of the molecule is O=S(=O)(NCC1Cc2ccccc2O1)c1cccc(Br)c1. The van der Waals surface area contributed by atoms with Gasteiger partial charge in [0.15, 0.2) is 0 Å². The van der Waals surface area contributed by atoms with Gasteiger partial charge in [-0.1, -0.05) is 40.2 Å². The molecule has 0 aliphatic carbocycles. The van der Waals surface area contributed by atoms with Crippen molar-refractivity contribution >= 4 is 26.0 Å². The molecule has 6 heteroatoms. The Hall–Kier alpha value is -1.37. The molecule has 0 aromatic heterocycles. The first-order valence-corrected chi connectivity index (χ1v) is 8.82. The first kappa shape index (κ1) is 14.6. The number of rotatable bonds is 4. The third-order valence-corrected chi connectivity index (χ3v) is 5.24. The molecule has 1 unspecified atom stereocenters. The van der Waals surface area contributed by atoms with Gasteiger partial charge in [0.25, 0.3) is 0 Å². The number of fused-ring (bicyclic) bond motifs is 1. The van der Waals surface area contributed by atoms with Crippen LogP contribution in [0.3, 0.4) is 0 Å². The van der Waals surface area contributed by atoms with Crippen molar-refractivity contribution in [1.29, 1.82) is 0 Å². The molecule has 1 aliphatic rings. The summed E-state index contributed by atoms with van der Waals surface area (Å²) in [5.41, 5.74) is 1.11. The highest BCUT2D eigenvalue weighted by molar-refractivity contribution is 9.10. The molecule has 3 rings (SSSR count). The third kappa shape index (κ3) is 3.28. The van der Waals surface area contributed by atoms with E-state index in [4.69, 9.17) is 4.74 Å². The number of nitrogens with one attached hydrogen (secondary N) is 1. The number of hydrogen-bond donors (Lipinski definition) is 1. The number of para-hydroxylation sites is 1. The van der Waals surface area contributed by atoms with Crippen molar-refractivity contribution in [3.8, 4) is 5.75 Å². The van der Waals surface area contributed by atoms with E-state index in [9.17, 15) is 8.42 Å². The minimum Gasteiger partial charge on any atom is -0.488 e. The van der Waals surface area contributed by atoms with Gasteiger partial charge in [-0.2, -0.15) is 0 Å². The van der Waals surface area contributed by atoms with E-state index in [-0.39, 0.29) is 17.5 Å². The minimum absolute atomic E-state index is 0.163. The number of sulfonamides is 1. The molecule has 2 aromatic rings. The summed E-state index contributed by atoms with van der Waals surface area (Å²) in [6.07, 6.45) is 0.557. The normalized spacial score (nSPS) is 17.3. The van der Waals surface area contributed by atoms with Gasteiger partial charge >= 0.3 is 0 Å². The molecule has 0 fully saturated rings. The number of hydrogen-bond acceptors (Lipinski definition) is 3. The zero-order valence-corrected chi connectivity index (χ0v) is 13.5. The summed E-state index contributed by atoms with van der Waals surface area (Å²) in [6.45, 7) is 0.253. The van der Waals surface area contributed by atoms with E-state index in [2.05, 4.69) is 20.7 Å². The summed E-state index contributed by atoms with van der Waals surface area (Å²) >= 11 is 3.27. The van der Waals surface area contributed by atoms with Crippen molar-refractivity contribution in [3.63, 3.8) is 0 Å². The van der Waals surface area contributed by atoms with Gasteiger partial charge in [-0.05, 0) is 29.8 Å². The van der Waals surface area contributed by atoms with Crippen LogP contribution in [0.2, 0.25) is 0 Å². The van der Waals surface area contributed by atoms with E-state index in [1.807, 2.05) is 24.3 Å². The van der Waals surface area contributed by atoms with E-state index in [0.29, 0.717) is 0 Å². The van der Waals surface area contributed by atoms with Gasteiger partial charge in [0.2, 0.25) is 10.0 Å². The molecule has 1 N–H and O–H groups in total. The summed E-state index contributed by atoms with van der Waals surface area (Å²) in [4.78, 5) is 0.243. The Morgan fingerprint density at radius 1 is 1.19 bits per heavy atom. The second-order valence-corrected chi connectivity index (χ2v) is 7.54. The van der Waals surface area contributed by atoms with E-state index in [0.717, 1.165) is 22.2 Å². The monoisotopic (exact) mass is 367 g/mol. The lowest BCUT2D eigenvalue weighted by Crippen LogP contribution is -2.34. The molecule has 1 heterocycles. The molecule has 1 aliphatic heterocycles. The van der Waals surface area contributed by atoms with E-state index in [1.54, 1.807) is 24.3 Å². The fourth-order valence-electron chi connectivity index (χ4n) is 2.29. The molecule has 0 saturated carbocycles. The molecule has 0 saturated heterocycles. The lowest BCUT2D eigenvalue weighted by atomic mass is 10.1. The van der Waals surface area contributed by atoms with Crippen LogP contribution in [0.5, 0.6) is 5.75 Å². The maximum absolute atomic E-state index is 12.2. The maximum Gasteiger partial charge on any atom is 0.240 e. The number of benzene rings is 2. The van der Waals surface area contributed by atoms with Crippen LogP contribution in [0, 0.1) is 0 Å². The first-order chi connectivity index (χ1) is 10.0. The van der Waals surface area contributed by atoms with Gasteiger partial charge in [-0.15, -0.1) is 0 Å². The topological polar surface area (TPSA) is 55.4 Å². The predicted octanol–water partition coefficient (Wildman–Crippen LogP) is 2.73. The van der Waals surface area contributed by atoms with E-state index in [1.165, 1.54) is 0 Å². The van der Waals surface area contributed by atoms with Crippen molar-refractivity contribution in [2.45, 2.75) is 17.4 Å². The molecule has 0 amide bonds. The predicted molar refractivity (Wildman–Crippen MR) is 83.9 cm³/mol. The quantitative estimate of drug-likeness (QED) is 0.903. The molecule has 110 valence electrons. The van der Waals surface area contributed by atoms with E-state index >= 15 is 0 Å². The lowest BCUT2D eigenvalue weighted by Gasteiger charge is -2.12. The Kier molecular flexibility index (Phi) is 4.01. The van der Waals surface area contributed by atoms with Crippen molar-refractivity contribution in [2.24, 2.45) is 0 Å². The first-order valence-electron chi connectivity index (χ1n) is 6.54. The molecular weight excluding hydrogens is 354 g/mol. The zero-order valence-electron chi connectivity index (χ0n) is 11.1. The third-order valence-electron chi connectivity index (χ3n) is 3.32. The number of ether oxygens (including phenoxy) is 1. The van der Waals surface area contributed by atoms with Crippen LogP contribution in [0.4, 0.5) is 0 Å². The summed E-state index contributed by atoms with van der Waals surface area (Å²) in [7, 11) is -3.52. The Morgan fingerprint density at radius 2 is 2.00 bits per heavy atom. The van der Waals surface area contributed by atoms with Gasteiger partial charge in [-0.25, -0.2) is 13.1 Å². The van der Waals surface area contributed by atoms with Crippen molar-refractivity contribution in [3.05, 3.63) is 58.6 Å². The van der Waals surface area contributed by atoms with Crippen LogP contribution in [0.1, 0.15) is 5.56 Å². The van der Waals surface area contributed by atoms with Gasteiger partial charge in [0.05, 0.1) is 4.90 Å². The van der Waals surface area contributed by atoms with Crippen LogP contribution in [0.25, 0.3) is 0 Å². The summed E-state index contributed by atoms with van der Waals surface area (Å²) < 4.78 is 33.5. The van der Waals surface area contributed by atoms with Crippen LogP contribution in [0.15, 0.2) is 57.9 Å². The van der Waals surface area contributed by atoms with Crippen LogP contribution in [-0.2, 0) is 16.4 Å².